The van der Waals surface area contributed by atoms with E-state index in [4.69, 9.17) is 5.73 Å². The number of carbonyl (C=O) groups excluding carboxylic acids is 1. The van der Waals surface area contributed by atoms with Crippen LogP contribution in [-0.2, 0) is 6.18 Å². The smallest absolute Gasteiger partial charge is 0.366 e. The van der Waals surface area contributed by atoms with Gasteiger partial charge in [0, 0.05) is 0 Å². The van der Waals surface area contributed by atoms with Crippen LogP contribution in [-0.4, -0.2) is 21.1 Å². The highest BCUT2D eigenvalue weighted by Gasteiger charge is 2.30. The first kappa shape index (κ1) is 14.8. The predicted octanol–water partition coefficient (Wildman–Crippen LogP) is 1.90. The minimum Gasteiger partial charge on any atom is -0.366 e. The Morgan fingerprint density at radius 2 is 1.95 bits per heavy atom. The number of carbonyl (C=O) groups is 1. The molecule has 0 saturated carbocycles. The van der Waals surface area contributed by atoms with Gasteiger partial charge in [0.25, 0.3) is 5.91 Å². The minimum atomic E-state index is -4.39. The van der Waals surface area contributed by atoms with Crippen molar-refractivity contribution in [3.05, 3.63) is 41.2 Å². The van der Waals surface area contributed by atoms with Crippen molar-refractivity contribution in [3.8, 4) is 0 Å². The molecule has 1 heterocycles. The van der Waals surface area contributed by atoms with Crippen LogP contribution in [0.25, 0.3) is 0 Å². The van der Waals surface area contributed by atoms with Crippen LogP contribution >= 0.6 is 0 Å². The second-order valence-corrected chi connectivity index (χ2v) is 4.36. The lowest BCUT2D eigenvalue weighted by Crippen LogP contribution is -2.27. The van der Waals surface area contributed by atoms with Crippen LogP contribution in [0.4, 0.5) is 19.1 Å². The molecule has 0 aliphatic rings. The number of alkyl halides is 3. The number of aromatic nitrogens is 3. The Hall–Kier alpha value is -2.58. The van der Waals surface area contributed by atoms with E-state index in [9.17, 15) is 18.0 Å². The number of anilines is 1. The number of nitrogens with zero attached hydrogens (tertiary/aromatic N) is 2. The fourth-order valence-electron chi connectivity index (χ4n) is 1.69. The molecule has 21 heavy (non-hydrogen) atoms. The van der Waals surface area contributed by atoms with E-state index in [2.05, 4.69) is 20.5 Å². The number of hydrogen-bond acceptors (Lipinski definition) is 4. The van der Waals surface area contributed by atoms with Gasteiger partial charge in [-0.1, -0.05) is 12.1 Å². The van der Waals surface area contributed by atoms with Gasteiger partial charge in [-0.05, 0) is 24.6 Å². The molecule has 1 aromatic carbocycles. The molecule has 0 aliphatic heterocycles. The summed E-state index contributed by atoms with van der Waals surface area (Å²) in [4.78, 5) is 15.4. The zero-order valence-corrected chi connectivity index (χ0v) is 10.9. The average Bonchev–Trinajstić information content (AvgIpc) is 2.84. The van der Waals surface area contributed by atoms with Gasteiger partial charge in [0.05, 0.1) is 11.6 Å². The summed E-state index contributed by atoms with van der Waals surface area (Å²) in [6.45, 7) is 1.64. The van der Waals surface area contributed by atoms with Crippen LogP contribution in [0.5, 0.6) is 0 Å². The first-order chi connectivity index (χ1) is 9.77. The molecule has 1 amide bonds. The largest absolute Gasteiger partial charge is 0.416 e. The van der Waals surface area contributed by atoms with Crippen molar-refractivity contribution in [3.63, 3.8) is 0 Å². The van der Waals surface area contributed by atoms with Crippen LogP contribution in [0, 0.1) is 0 Å². The molecule has 2 rings (SSSR count). The monoisotopic (exact) mass is 299 g/mol. The third kappa shape index (κ3) is 3.50. The summed E-state index contributed by atoms with van der Waals surface area (Å²) in [6, 6.07) is 4.05. The summed E-state index contributed by atoms with van der Waals surface area (Å²) < 4.78 is 37.4. The van der Waals surface area contributed by atoms with Gasteiger partial charge in [0.1, 0.15) is 0 Å². The minimum absolute atomic E-state index is 0.0636. The van der Waals surface area contributed by atoms with E-state index in [0.717, 1.165) is 12.1 Å². The third-order valence-corrected chi connectivity index (χ3v) is 2.80. The van der Waals surface area contributed by atoms with Gasteiger partial charge in [-0.2, -0.15) is 18.2 Å². The second-order valence-electron chi connectivity index (χ2n) is 4.36. The van der Waals surface area contributed by atoms with Gasteiger partial charge >= 0.3 is 6.18 Å². The van der Waals surface area contributed by atoms with Crippen LogP contribution in [0.2, 0.25) is 0 Å². The lowest BCUT2D eigenvalue weighted by Gasteiger charge is -2.14. The fourth-order valence-corrected chi connectivity index (χ4v) is 1.69. The predicted molar refractivity (Wildman–Crippen MR) is 68.1 cm³/mol. The molecule has 9 heteroatoms. The molecule has 1 unspecified atom stereocenters. The van der Waals surface area contributed by atoms with E-state index in [0.29, 0.717) is 5.56 Å². The molecule has 0 saturated heterocycles. The molecular formula is C12H12F3N5O. The Labute approximate surface area is 117 Å². The van der Waals surface area contributed by atoms with Crippen molar-refractivity contribution >= 4 is 11.9 Å². The van der Waals surface area contributed by atoms with Gasteiger partial charge < -0.3 is 11.1 Å². The van der Waals surface area contributed by atoms with Crippen LogP contribution in [0.15, 0.2) is 24.3 Å². The van der Waals surface area contributed by atoms with Crippen molar-refractivity contribution in [2.45, 2.75) is 19.1 Å². The number of benzene rings is 1. The highest BCUT2D eigenvalue weighted by molar-refractivity contribution is 5.90. The number of rotatable bonds is 3. The lowest BCUT2D eigenvalue weighted by atomic mass is 10.1. The van der Waals surface area contributed by atoms with Gasteiger partial charge in [-0.25, -0.2) is 0 Å². The maximum absolute atomic E-state index is 12.5. The number of nitrogen functional groups attached to an aromatic ring is 1. The molecule has 1 aromatic heterocycles. The summed E-state index contributed by atoms with van der Waals surface area (Å²) in [5, 5.41) is 8.43. The highest BCUT2D eigenvalue weighted by Crippen LogP contribution is 2.29. The molecule has 0 bridgehead atoms. The first-order valence-electron chi connectivity index (χ1n) is 5.93. The standard InChI is InChI=1S/C12H12F3N5O/c1-6(17-10(21)9-18-11(16)20-19-9)7-2-4-8(5-3-7)12(13,14)15/h2-6H,1H3,(H,17,21)(H3,16,18,19,20). The van der Waals surface area contributed by atoms with E-state index in [-0.39, 0.29) is 11.8 Å². The van der Waals surface area contributed by atoms with Crippen molar-refractivity contribution in [2.75, 3.05) is 5.73 Å². The second kappa shape index (κ2) is 5.43. The Balaban J connectivity index is 2.06. The van der Waals surface area contributed by atoms with E-state index in [1.807, 2.05) is 0 Å². The molecule has 0 fully saturated rings. The van der Waals surface area contributed by atoms with Crippen LogP contribution < -0.4 is 11.1 Å². The summed E-state index contributed by atoms with van der Waals surface area (Å²) in [5.74, 6) is -0.680. The maximum atomic E-state index is 12.5. The fraction of sp³-hybridized carbons (Fsp3) is 0.250. The molecule has 2 aromatic rings. The van der Waals surface area contributed by atoms with Crippen LogP contribution in [0.3, 0.4) is 0 Å². The first-order valence-corrected chi connectivity index (χ1v) is 5.93. The lowest BCUT2D eigenvalue weighted by molar-refractivity contribution is -0.137. The van der Waals surface area contributed by atoms with Gasteiger partial charge in [0.15, 0.2) is 0 Å². The zero-order chi connectivity index (χ0) is 15.6. The van der Waals surface area contributed by atoms with Crippen molar-refractivity contribution in [2.24, 2.45) is 0 Å². The summed E-state index contributed by atoms with van der Waals surface area (Å²) >= 11 is 0. The number of H-pyrrole nitrogens is 1. The number of hydrogen-bond donors (Lipinski definition) is 3. The maximum Gasteiger partial charge on any atom is 0.416 e. The molecule has 6 nitrogen and oxygen atoms in total. The molecule has 4 N–H and O–H groups in total. The molecule has 0 radical (unpaired) electrons. The topological polar surface area (TPSA) is 96.7 Å². The summed E-state index contributed by atoms with van der Waals surface area (Å²) in [5.41, 5.74) is 5.06. The van der Waals surface area contributed by atoms with E-state index in [1.165, 1.54) is 12.1 Å². The van der Waals surface area contributed by atoms with E-state index < -0.39 is 23.7 Å². The van der Waals surface area contributed by atoms with Crippen molar-refractivity contribution in [1.82, 2.24) is 20.5 Å². The Bertz CT molecular complexity index is 635. The number of amides is 1. The Morgan fingerprint density at radius 1 is 1.33 bits per heavy atom. The van der Waals surface area contributed by atoms with Gasteiger partial charge in [-0.3, -0.25) is 9.89 Å². The highest BCUT2D eigenvalue weighted by atomic mass is 19.4. The third-order valence-electron chi connectivity index (χ3n) is 2.80. The van der Waals surface area contributed by atoms with Gasteiger partial charge in [0.2, 0.25) is 11.8 Å². The average molecular weight is 299 g/mol. The number of halogens is 3. The number of nitrogens with one attached hydrogen (secondary N) is 2. The van der Waals surface area contributed by atoms with Crippen molar-refractivity contribution in [1.29, 1.82) is 0 Å². The molecule has 0 spiro atoms. The summed E-state index contributed by atoms with van der Waals surface area (Å²) in [6.07, 6.45) is -4.39. The Morgan fingerprint density at radius 3 is 2.43 bits per heavy atom. The number of nitrogens with two attached hydrogens (primary N) is 1. The van der Waals surface area contributed by atoms with Gasteiger partial charge in [-0.15, -0.1) is 5.10 Å². The van der Waals surface area contributed by atoms with E-state index >= 15 is 0 Å². The van der Waals surface area contributed by atoms with Crippen molar-refractivity contribution < 1.29 is 18.0 Å². The molecule has 0 aliphatic carbocycles. The normalized spacial score (nSPS) is 13.0. The Kier molecular flexibility index (Phi) is 3.83. The SMILES string of the molecule is CC(NC(=O)c1nc(N)n[nH]1)c1ccc(C(F)(F)F)cc1. The van der Waals surface area contributed by atoms with E-state index in [1.54, 1.807) is 6.92 Å². The van der Waals surface area contributed by atoms with Crippen LogP contribution in [0.1, 0.15) is 34.7 Å². The number of aromatic amines is 1. The summed E-state index contributed by atoms with van der Waals surface area (Å²) in [7, 11) is 0. The zero-order valence-electron chi connectivity index (χ0n) is 10.9. The molecule has 1 atom stereocenters. The molecule has 112 valence electrons. The molecular weight excluding hydrogens is 287 g/mol. The quantitative estimate of drug-likeness (QED) is 0.806.